The summed E-state index contributed by atoms with van der Waals surface area (Å²) in [6.45, 7) is 5.74. The van der Waals surface area contributed by atoms with Gasteiger partial charge in [-0.25, -0.2) is 10.1 Å². The maximum Gasteiger partial charge on any atom is 0.319 e. The van der Waals surface area contributed by atoms with Gasteiger partial charge in [-0.05, 0) is 26.0 Å². The lowest BCUT2D eigenvalue weighted by atomic mass is 10.2. The third kappa shape index (κ3) is 4.97. The molecule has 1 rings (SSSR count). The van der Waals surface area contributed by atoms with Gasteiger partial charge in [-0.3, -0.25) is 0 Å². The molecule has 114 valence electrons. The first kappa shape index (κ1) is 16.2. The minimum atomic E-state index is -0.823. The van der Waals surface area contributed by atoms with E-state index in [1.807, 2.05) is 19.9 Å². The van der Waals surface area contributed by atoms with Gasteiger partial charge in [0, 0.05) is 29.9 Å². The third-order valence-electron chi connectivity index (χ3n) is 2.75. The van der Waals surface area contributed by atoms with Crippen LogP contribution in [0.2, 0.25) is 0 Å². The number of hydrogen-bond acceptors (Lipinski definition) is 5. The van der Waals surface area contributed by atoms with Crippen LogP contribution in [-0.4, -0.2) is 35.4 Å². The van der Waals surface area contributed by atoms with Crippen molar-refractivity contribution in [3.8, 4) is 5.75 Å². The maximum absolute atomic E-state index is 10.1. The third-order valence-corrected chi connectivity index (χ3v) is 2.75. The van der Waals surface area contributed by atoms with Crippen LogP contribution in [-0.2, 0) is 0 Å². The Morgan fingerprint density at radius 1 is 1.57 bits per heavy atom. The predicted molar refractivity (Wildman–Crippen MR) is 79.5 cm³/mol. The Hall–Kier alpha value is -2.84. The van der Waals surface area contributed by atoms with Crippen molar-refractivity contribution in [1.82, 2.24) is 5.43 Å². The summed E-state index contributed by atoms with van der Waals surface area (Å²) in [4.78, 5) is 12.2. The lowest BCUT2D eigenvalue weighted by molar-refractivity contribution is -0.528. The van der Waals surface area contributed by atoms with Crippen LogP contribution in [0.5, 0.6) is 5.75 Å². The van der Waals surface area contributed by atoms with Crippen LogP contribution >= 0.6 is 0 Å². The Balaban J connectivity index is 2.84. The molecular weight excluding hydrogens is 276 g/mol. The number of hydrazine groups is 1. The average molecular weight is 295 g/mol. The number of nitro groups is 1. The molecule has 0 saturated heterocycles. The van der Waals surface area contributed by atoms with Crippen molar-refractivity contribution < 1.29 is 15.2 Å². The van der Waals surface area contributed by atoms with E-state index in [0.29, 0.717) is 5.56 Å². The molecule has 1 aromatic carbocycles. The Labute approximate surface area is 121 Å². The van der Waals surface area contributed by atoms with Crippen molar-refractivity contribution in [2.45, 2.75) is 13.8 Å². The van der Waals surface area contributed by atoms with E-state index in [-0.39, 0.29) is 5.75 Å². The molecule has 9 nitrogen and oxygen atoms in total. The molecule has 0 radical (unpaired) electrons. The highest BCUT2D eigenvalue weighted by atomic mass is 16.7. The lowest BCUT2D eigenvalue weighted by Crippen LogP contribution is -2.64. The fourth-order valence-electron chi connectivity index (χ4n) is 1.73. The van der Waals surface area contributed by atoms with Crippen LogP contribution in [0.1, 0.15) is 19.4 Å². The van der Waals surface area contributed by atoms with Crippen molar-refractivity contribution in [2.75, 3.05) is 18.0 Å². The highest BCUT2D eigenvalue weighted by molar-refractivity contribution is 5.81. The van der Waals surface area contributed by atoms with E-state index in [2.05, 4.69) is 15.1 Å². The van der Waals surface area contributed by atoms with Gasteiger partial charge in [0.05, 0.1) is 5.56 Å². The van der Waals surface area contributed by atoms with E-state index in [9.17, 15) is 15.2 Å². The summed E-state index contributed by atoms with van der Waals surface area (Å²) in [6, 6.07) is 5.22. The van der Waals surface area contributed by atoms with Gasteiger partial charge in [-0.15, -0.1) is 5.10 Å². The molecule has 0 amide bonds. The molecule has 0 aromatic heterocycles. The van der Waals surface area contributed by atoms with E-state index < -0.39 is 11.0 Å². The molecule has 5 N–H and O–H groups in total. The lowest BCUT2D eigenvalue weighted by Gasteiger charge is -2.21. The molecule has 0 unspecified atom stereocenters. The number of anilines is 1. The summed E-state index contributed by atoms with van der Waals surface area (Å²) in [5, 5.41) is 25.2. The Bertz CT molecular complexity index is 554. The molecule has 0 fully saturated rings. The van der Waals surface area contributed by atoms with Crippen LogP contribution in [0.15, 0.2) is 23.3 Å². The van der Waals surface area contributed by atoms with E-state index in [0.717, 1.165) is 18.8 Å². The Morgan fingerprint density at radius 3 is 2.76 bits per heavy atom. The van der Waals surface area contributed by atoms with Gasteiger partial charge in [0.2, 0.25) is 6.21 Å². The molecule has 0 aliphatic carbocycles. The molecule has 0 atom stereocenters. The van der Waals surface area contributed by atoms with Gasteiger partial charge in [0.15, 0.2) is 5.03 Å². The van der Waals surface area contributed by atoms with Crippen molar-refractivity contribution in [2.24, 2.45) is 10.8 Å². The molecule has 21 heavy (non-hydrogen) atoms. The van der Waals surface area contributed by atoms with Gasteiger partial charge in [-0.1, -0.05) is 5.43 Å². The van der Waals surface area contributed by atoms with Crippen LogP contribution in [0.4, 0.5) is 5.69 Å². The number of nitrogens with one attached hydrogen (secondary N) is 2. The minimum absolute atomic E-state index is 0.0721. The maximum atomic E-state index is 10.1. The number of hydrazone groups is 1. The zero-order valence-electron chi connectivity index (χ0n) is 11.9. The summed E-state index contributed by atoms with van der Waals surface area (Å²) in [6.07, 6.45) is 1.38. The fourth-order valence-corrected chi connectivity index (χ4v) is 1.73. The van der Waals surface area contributed by atoms with Crippen LogP contribution in [0.3, 0.4) is 0 Å². The highest BCUT2D eigenvalue weighted by Gasteiger charge is 2.07. The second kappa shape index (κ2) is 7.68. The molecule has 0 aliphatic heterocycles. The van der Waals surface area contributed by atoms with E-state index >= 15 is 0 Å². The second-order valence-corrected chi connectivity index (χ2v) is 4.05. The number of guanidine groups is 1. The highest BCUT2D eigenvalue weighted by Crippen LogP contribution is 2.22. The summed E-state index contributed by atoms with van der Waals surface area (Å²) in [7, 11) is 0. The molecule has 0 aliphatic rings. The SMILES string of the molecule is CCN(CC)c1ccc(/C=[NH+]/N=C(N)N[N+](=O)[O-])c(O)c1. The van der Waals surface area contributed by atoms with Gasteiger partial charge in [-0.2, -0.15) is 0 Å². The van der Waals surface area contributed by atoms with Crippen LogP contribution in [0, 0.1) is 10.1 Å². The predicted octanol–water partition coefficient (Wildman–Crippen LogP) is -1.25. The summed E-state index contributed by atoms with van der Waals surface area (Å²) in [5.74, 6) is -0.321. The molecule has 0 heterocycles. The first-order valence-electron chi connectivity index (χ1n) is 6.38. The largest absolute Gasteiger partial charge is 0.507 e. The van der Waals surface area contributed by atoms with Crippen LogP contribution in [0.25, 0.3) is 0 Å². The van der Waals surface area contributed by atoms with Crippen molar-refractivity contribution in [3.63, 3.8) is 0 Å². The smallest absolute Gasteiger partial charge is 0.319 e. The van der Waals surface area contributed by atoms with E-state index in [1.54, 1.807) is 17.6 Å². The monoisotopic (exact) mass is 295 g/mol. The summed E-state index contributed by atoms with van der Waals surface area (Å²) in [5.41, 5.74) is 8.30. The number of phenolic OH excluding ortho intramolecular Hbond substituents is 1. The van der Waals surface area contributed by atoms with Crippen molar-refractivity contribution in [3.05, 3.63) is 33.9 Å². The Morgan fingerprint density at radius 2 is 2.24 bits per heavy atom. The first-order chi connectivity index (χ1) is 9.97. The summed E-state index contributed by atoms with van der Waals surface area (Å²) >= 11 is 0. The fraction of sp³-hybridized carbons (Fsp3) is 0.333. The van der Waals surface area contributed by atoms with Crippen LogP contribution < -0.4 is 21.2 Å². The number of hydrogen-bond donors (Lipinski definition) is 4. The normalized spacial score (nSPS) is 11.6. The van der Waals surface area contributed by atoms with Gasteiger partial charge in [0.1, 0.15) is 5.75 Å². The van der Waals surface area contributed by atoms with Crippen molar-refractivity contribution >= 4 is 17.9 Å². The number of rotatable bonds is 6. The topological polar surface area (TPSA) is 131 Å². The zero-order valence-corrected chi connectivity index (χ0v) is 11.9. The number of benzene rings is 1. The first-order valence-corrected chi connectivity index (χ1v) is 6.38. The minimum Gasteiger partial charge on any atom is -0.507 e. The molecule has 0 spiro atoms. The molecular formula is C12H19N6O3+. The van der Waals surface area contributed by atoms with Gasteiger partial charge in [0.25, 0.3) is 0 Å². The molecule has 0 bridgehead atoms. The molecule has 9 heteroatoms. The number of nitrogens with zero attached hydrogens (tertiary/aromatic N) is 3. The number of nitrogens with two attached hydrogens (primary N) is 1. The van der Waals surface area contributed by atoms with Crippen molar-refractivity contribution in [1.29, 1.82) is 0 Å². The van der Waals surface area contributed by atoms with Gasteiger partial charge < -0.3 is 15.7 Å². The van der Waals surface area contributed by atoms with E-state index in [1.165, 1.54) is 6.21 Å². The number of aromatic hydroxyl groups is 1. The standard InChI is InChI=1S/C12H18N6O3/c1-3-17(4-2)10-6-5-9(11(19)7-10)8-14-15-12(13)16-18(20)21/h5-8,19H,3-4H2,1-2H3,(H3,13,15,16)/p+1/b14-8+. The van der Waals surface area contributed by atoms with Gasteiger partial charge >= 0.3 is 5.96 Å². The number of phenols is 1. The molecule has 1 aromatic rings. The second-order valence-electron chi connectivity index (χ2n) is 4.05. The zero-order chi connectivity index (χ0) is 15.8. The molecule has 0 saturated carbocycles. The Kier molecular flexibility index (Phi) is 5.93. The summed E-state index contributed by atoms with van der Waals surface area (Å²) < 4.78 is 0. The quantitative estimate of drug-likeness (QED) is 0.224. The van der Waals surface area contributed by atoms with E-state index in [4.69, 9.17) is 5.73 Å². The average Bonchev–Trinajstić information content (AvgIpc) is 2.41.